The van der Waals surface area contributed by atoms with Gasteiger partial charge in [0.05, 0.1) is 0 Å². The molecule has 0 bridgehead atoms. The third kappa shape index (κ3) is 2.66. The zero-order chi connectivity index (χ0) is 13.1. The molecule has 0 spiro atoms. The van der Waals surface area contributed by atoms with Crippen molar-refractivity contribution in [1.29, 1.82) is 0 Å². The Hall–Kier alpha value is -1.11. The van der Waals surface area contributed by atoms with Crippen LogP contribution in [0.4, 0.5) is 11.5 Å². The van der Waals surface area contributed by atoms with Crippen LogP contribution in [0, 0.1) is 11.8 Å². The molecule has 0 aliphatic heterocycles. The van der Waals surface area contributed by atoms with Crippen molar-refractivity contribution in [2.75, 3.05) is 24.3 Å². The fourth-order valence-electron chi connectivity index (χ4n) is 2.43. The van der Waals surface area contributed by atoms with Crippen molar-refractivity contribution in [3.63, 3.8) is 0 Å². The number of nitrogens with two attached hydrogens (primary N) is 1. The van der Waals surface area contributed by atoms with E-state index in [9.17, 15) is 10.2 Å². The van der Waals surface area contributed by atoms with E-state index >= 15 is 0 Å². The average Bonchev–Trinajstić information content (AvgIpc) is 2.77. The second-order valence-electron chi connectivity index (χ2n) is 4.64. The average molecular weight is 273 g/mol. The number of nitrogen functional groups attached to an aromatic ring is 1. The number of aromatic nitrogens is 2. The largest absolute Gasteiger partial charge is 0.396 e. The van der Waals surface area contributed by atoms with Gasteiger partial charge in [0.25, 0.3) is 0 Å². The molecule has 1 aromatic rings. The van der Waals surface area contributed by atoms with Crippen LogP contribution in [0.15, 0.2) is 6.33 Å². The van der Waals surface area contributed by atoms with Gasteiger partial charge in [-0.15, -0.1) is 0 Å². The van der Waals surface area contributed by atoms with Crippen molar-refractivity contribution < 1.29 is 10.2 Å². The number of rotatable bonds is 4. The molecule has 0 aromatic carbocycles. The van der Waals surface area contributed by atoms with E-state index in [-0.39, 0.29) is 36.2 Å². The first kappa shape index (κ1) is 13.3. The van der Waals surface area contributed by atoms with Crippen LogP contribution < -0.4 is 11.1 Å². The number of aliphatic hydroxyl groups excluding tert-OH is 2. The van der Waals surface area contributed by atoms with Gasteiger partial charge in [-0.25, -0.2) is 9.97 Å². The van der Waals surface area contributed by atoms with Gasteiger partial charge in [-0.05, 0) is 18.8 Å². The van der Waals surface area contributed by atoms with E-state index in [4.69, 9.17) is 17.3 Å². The highest BCUT2D eigenvalue weighted by Gasteiger charge is 2.33. The van der Waals surface area contributed by atoms with Crippen molar-refractivity contribution in [1.82, 2.24) is 9.97 Å². The lowest BCUT2D eigenvalue weighted by Crippen LogP contribution is -2.27. The Morgan fingerprint density at radius 3 is 2.78 bits per heavy atom. The van der Waals surface area contributed by atoms with Crippen LogP contribution in [-0.4, -0.2) is 39.4 Å². The van der Waals surface area contributed by atoms with Gasteiger partial charge >= 0.3 is 0 Å². The lowest BCUT2D eigenvalue weighted by molar-refractivity contribution is 0.201. The van der Waals surface area contributed by atoms with E-state index in [1.807, 2.05) is 0 Å². The minimum atomic E-state index is 0.0421. The van der Waals surface area contributed by atoms with E-state index in [2.05, 4.69) is 15.3 Å². The molecule has 0 unspecified atom stereocenters. The third-order valence-electron chi connectivity index (χ3n) is 3.44. The summed E-state index contributed by atoms with van der Waals surface area (Å²) in [5.74, 6) is 0.783. The fraction of sp³-hybridized carbons (Fsp3) is 0.636. The number of hydrogen-bond acceptors (Lipinski definition) is 6. The molecule has 0 amide bonds. The van der Waals surface area contributed by atoms with Crippen LogP contribution >= 0.6 is 11.6 Å². The highest BCUT2D eigenvalue weighted by atomic mass is 35.5. The Bertz CT molecular complexity index is 418. The molecule has 7 heteroatoms. The van der Waals surface area contributed by atoms with Crippen LogP contribution in [0.3, 0.4) is 0 Å². The van der Waals surface area contributed by atoms with Crippen molar-refractivity contribution in [2.24, 2.45) is 11.8 Å². The quantitative estimate of drug-likeness (QED) is 0.595. The van der Waals surface area contributed by atoms with Crippen LogP contribution in [0.25, 0.3) is 0 Å². The zero-order valence-electron chi connectivity index (χ0n) is 9.88. The molecule has 1 aromatic heterocycles. The number of halogens is 1. The Kier molecular flexibility index (Phi) is 4.21. The molecule has 1 fully saturated rings. The van der Waals surface area contributed by atoms with Gasteiger partial charge in [0, 0.05) is 25.2 Å². The first-order valence-corrected chi connectivity index (χ1v) is 6.27. The maximum absolute atomic E-state index is 9.34. The second-order valence-corrected chi connectivity index (χ2v) is 5.00. The van der Waals surface area contributed by atoms with Crippen molar-refractivity contribution in [3.8, 4) is 0 Å². The first-order valence-electron chi connectivity index (χ1n) is 5.90. The van der Waals surface area contributed by atoms with Crippen molar-refractivity contribution >= 4 is 23.1 Å². The fourth-order valence-corrected chi connectivity index (χ4v) is 2.57. The van der Waals surface area contributed by atoms with Gasteiger partial charge in [-0.1, -0.05) is 11.6 Å². The summed E-state index contributed by atoms with van der Waals surface area (Å²) in [5, 5.41) is 21.9. The third-order valence-corrected chi connectivity index (χ3v) is 3.74. The van der Waals surface area contributed by atoms with Crippen LogP contribution in [-0.2, 0) is 0 Å². The van der Waals surface area contributed by atoms with Gasteiger partial charge in [0.15, 0.2) is 11.0 Å². The van der Waals surface area contributed by atoms with Crippen LogP contribution in [0.1, 0.15) is 12.8 Å². The molecule has 1 heterocycles. The Morgan fingerprint density at radius 1 is 1.33 bits per heavy atom. The lowest BCUT2D eigenvalue weighted by atomic mass is 10.0. The molecule has 5 N–H and O–H groups in total. The summed E-state index contributed by atoms with van der Waals surface area (Å²) in [7, 11) is 0. The summed E-state index contributed by atoms with van der Waals surface area (Å²) in [6.45, 7) is 0.210. The molecule has 1 saturated carbocycles. The van der Waals surface area contributed by atoms with Gasteiger partial charge in [-0.3, -0.25) is 0 Å². The molecule has 3 atom stereocenters. The summed E-state index contributed by atoms with van der Waals surface area (Å²) in [4.78, 5) is 7.83. The SMILES string of the molecule is Nc1c(Cl)ncnc1N[C@@H]1C[C@H](CO)C[C@H]1CO. The van der Waals surface area contributed by atoms with Gasteiger partial charge in [0.2, 0.25) is 0 Å². The van der Waals surface area contributed by atoms with Gasteiger partial charge in [0.1, 0.15) is 12.0 Å². The summed E-state index contributed by atoms with van der Waals surface area (Å²) < 4.78 is 0. The van der Waals surface area contributed by atoms with Crippen LogP contribution in [0.2, 0.25) is 5.15 Å². The Balaban J connectivity index is 2.10. The van der Waals surface area contributed by atoms with Crippen molar-refractivity contribution in [3.05, 3.63) is 11.5 Å². The lowest BCUT2D eigenvalue weighted by Gasteiger charge is -2.20. The molecule has 100 valence electrons. The maximum Gasteiger partial charge on any atom is 0.157 e. The molecule has 1 aliphatic rings. The molecule has 0 radical (unpaired) electrons. The van der Waals surface area contributed by atoms with E-state index < -0.39 is 0 Å². The van der Waals surface area contributed by atoms with Crippen LogP contribution in [0.5, 0.6) is 0 Å². The summed E-state index contributed by atoms with van der Waals surface area (Å²) >= 11 is 5.82. The predicted molar refractivity (Wildman–Crippen MR) is 69.3 cm³/mol. The predicted octanol–water partition coefficient (Wildman–Crippen LogP) is 0.504. The topological polar surface area (TPSA) is 104 Å². The van der Waals surface area contributed by atoms with E-state index in [0.29, 0.717) is 11.5 Å². The monoisotopic (exact) mass is 272 g/mol. The zero-order valence-corrected chi connectivity index (χ0v) is 10.6. The van der Waals surface area contributed by atoms with Gasteiger partial charge in [-0.2, -0.15) is 0 Å². The van der Waals surface area contributed by atoms with E-state index in [0.717, 1.165) is 12.8 Å². The number of anilines is 2. The summed E-state index contributed by atoms with van der Waals surface area (Å²) in [6.07, 6.45) is 2.92. The number of nitrogens with one attached hydrogen (secondary N) is 1. The summed E-state index contributed by atoms with van der Waals surface area (Å²) in [5.41, 5.74) is 6.09. The first-order chi connectivity index (χ1) is 8.65. The van der Waals surface area contributed by atoms with Gasteiger partial charge < -0.3 is 21.3 Å². The molecule has 0 saturated heterocycles. The van der Waals surface area contributed by atoms with Crippen molar-refractivity contribution in [2.45, 2.75) is 18.9 Å². The standard InChI is InChI=1S/C11H17ClN4O2/c12-10-9(13)11(15-5-14-10)16-8-2-6(3-17)1-7(8)4-18/h5-8,17-18H,1-4,13H2,(H,14,15,16)/t6-,7+,8-/m1/s1. The molecule has 1 aliphatic carbocycles. The van der Waals surface area contributed by atoms with E-state index in [1.165, 1.54) is 6.33 Å². The smallest absolute Gasteiger partial charge is 0.157 e. The number of hydrogen-bond donors (Lipinski definition) is 4. The highest BCUT2D eigenvalue weighted by molar-refractivity contribution is 6.32. The molecular weight excluding hydrogens is 256 g/mol. The maximum atomic E-state index is 9.34. The Labute approximate surface area is 110 Å². The number of aliphatic hydroxyl groups is 2. The normalized spacial score (nSPS) is 27.4. The Morgan fingerprint density at radius 2 is 2.11 bits per heavy atom. The second kappa shape index (κ2) is 5.69. The number of nitrogens with zero attached hydrogens (tertiary/aromatic N) is 2. The molecule has 2 rings (SSSR count). The minimum absolute atomic E-state index is 0.0421. The molecular formula is C11H17ClN4O2. The molecule has 6 nitrogen and oxygen atoms in total. The highest BCUT2D eigenvalue weighted by Crippen LogP contribution is 2.34. The van der Waals surface area contributed by atoms with E-state index in [1.54, 1.807) is 0 Å². The minimum Gasteiger partial charge on any atom is -0.396 e. The molecule has 18 heavy (non-hydrogen) atoms. The summed E-state index contributed by atoms with van der Waals surface area (Å²) in [6, 6.07) is 0.0421.